The Hall–Kier alpha value is -1.74. The summed E-state index contributed by atoms with van der Waals surface area (Å²) in [7, 11) is 0. The molecule has 3 nitrogen and oxygen atoms in total. The van der Waals surface area contributed by atoms with Gasteiger partial charge >= 0.3 is 6.18 Å². The van der Waals surface area contributed by atoms with Gasteiger partial charge in [-0.1, -0.05) is 0 Å². The fourth-order valence-corrected chi connectivity index (χ4v) is 1.90. The average molecular weight is 283 g/mol. The second-order valence-corrected chi connectivity index (χ2v) is 4.88. The van der Waals surface area contributed by atoms with Gasteiger partial charge in [0.05, 0.1) is 17.2 Å². The number of rotatable bonds is 6. The summed E-state index contributed by atoms with van der Waals surface area (Å²) in [6.07, 6.45) is -1.22. The molecule has 0 aromatic heterocycles. The number of nitrogens with zero attached hydrogens (tertiary/aromatic N) is 1. The molecule has 0 aliphatic heterocycles. The fraction of sp³-hybridized carbons (Fsp3) is 0.500. The summed E-state index contributed by atoms with van der Waals surface area (Å²) in [5.74, 6) is 0. The number of anilines is 1. The molecule has 108 valence electrons. The Kier molecular flexibility index (Phi) is 4.50. The van der Waals surface area contributed by atoms with Crippen molar-refractivity contribution in [1.82, 2.24) is 5.32 Å². The summed E-state index contributed by atoms with van der Waals surface area (Å²) in [6.45, 7) is 1.46. The molecule has 6 heteroatoms. The Morgan fingerprint density at radius 3 is 2.60 bits per heavy atom. The molecule has 0 amide bonds. The number of benzene rings is 1. The van der Waals surface area contributed by atoms with Crippen molar-refractivity contribution in [2.45, 2.75) is 31.5 Å². The van der Waals surface area contributed by atoms with Gasteiger partial charge in [0.25, 0.3) is 0 Å². The molecule has 1 aliphatic carbocycles. The third kappa shape index (κ3) is 4.14. The molecule has 1 aromatic rings. The number of nitrogens with one attached hydrogen (secondary N) is 2. The topological polar surface area (TPSA) is 47.9 Å². The van der Waals surface area contributed by atoms with E-state index in [9.17, 15) is 13.2 Å². The first-order valence-electron chi connectivity index (χ1n) is 6.59. The second-order valence-electron chi connectivity index (χ2n) is 4.88. The van der Waals surface area contributed by atoms with E-state index in [1.807, 2.05) is 0 Å². The SMILES string of the molecule is N#Cc1ccc(NCCCNC2CC2)cc1C(F)(F)F. The van der Waals surface area contributed by atoms with Crippen molar-refractivity contribution in [3.63, 3.8) is 0 Å². The molecule has 0 unspecified atom stereocenters. The highest BCUT2D eigenvalue weighted by atomic mass is 19.4. The molecule has 1 fully saturated rings. The van der Waals surface area contributed by atoms with Crippen LogP contribution < -0.4 is 10.6 Å². The summed E-state index contributed by atoms with van der Waals surface area (Å²) >= 11 is 0. The Balaban J connectivity index is 1.89. The molecule has 1 saturated carbocycles. The Bertz CT molecular complexity index is 501. The molecule has 0 atom stereocenters. The third-order valence-corrected chi connectivity index (χ3v) is 3.14. The largest absolute Gasteiger partial charge is 0.417 e. The molecule has 0 heterocycles. The van der Waals surface area contributed by atoms with Crippen molar-refractivity contribution in [3.05, 3.63) is 29.3 Å². The number of hydrogen-bond acceptors (Lipinski definition) is 3. The maximum atomic E-state index is 12.8. The van der Waals surface area contributed by atoms with Crippen molar-refractivity contribution < 1.29 is 13.2 Å². The summed E-state index contributed by atoms with van der Waals surface area (Å²) in [6, 6.07) is 5.90. The second kappa shape index (κ2) is 6.14. The Labute approximate surface area is 115 Å². The van der Waals surface area contributed by atoms with E-state index in [0.29, 0.717) is 18.3 Å². The number of hydrogen-bond donors (Lipinski definition) is 2. The number of nitriles is 1. The molecular weight excluding hydrogens is 267 g/mol. The van der Waals surface area contributed by atoms with E-state index < -0.39 is 11.7 Å². The molecule has 2 N–H and O–H groups in total. The Morgan fingerprint density at radius 1 is 1.25 bits per heavy atom. The van der Waals surface area contributed by atoms with Crippen molar-refractivity contribution in [3.8, 4) is 6.07 Å². The van der Waals surface area contributed by atoms with E-state index in [4.69, 9.17) is 5.26 Å². The lowest BCUT2D eigenvalue weighted by molar-refractivity contribution is -0.137. The van der Waals surface area contributed by atoms with Crippen LogP contribution in [0.3, 0.4) is 0 Å². The van der Waals surface area contributed by atoms with E-state index in [1.165, 1.54) is 25.0 Å². The van der Waals surface area contributed by atoms with Gasteiger partial charge in [-0.25, -0.2) is 0 Å². The van der Waals surface area contributed by atoms with Crippen LogP contribution in [-0.4, -0.2) is 19.1 Å². The first-order chi connectivity index (χ1) is 9.50. The zero-order valence-electron chi connectivity index (χ0n) is 10.9. The van der Waals surface area contributed by atoms with Gasteiger partial charge in [0.15, 0.2) is 0 Å². The minimum atomic E-state index is -4.50. The average Bonchev–Trinajstić information content (AvgIpc) is 3.21. The van der Waals surface area contributed by atoms with E-state index in [1.54, 1.807) is 6.07 Å². The highest BCUT2D eigenvalue weighted by Gasteiger charge is 2.33. The lowest BCUT2D eigenvalue weighted by Crippen LogP contribution is -2.20. The normalized spacial score (nSPS) is 14.9. The van der Waals surface area contributed by atoms with Crippen molar-refractivity contribution in [2.24, 2.45) is 0 Å². The van der Waals surface area contributed by atoms with E-state index >= 15 is 0 Å². The highest BCUT2D eigenvalue weighted by Crippen LogP contribution is 2.33. The van der Waals surface area contributed by atoms with Crippen LogP contribution in [0.25, 0.3) is 0 Å². The molecule has 2 rings (SSSR count). The first kappa shape index (κ1) is 14.7. The van der Waals surface area contributed by atoms with Gasteiger partial charge in [-0.3, -0.25) is 0 Å². The molecule has 0 spiro atoms. The van der Waals surface area contributed by atoms with Crippen LogP contribution in [0.5, 0.6) is 0 Å². The predicted molar refractivity (Wildman–Crippen MR) is 70.3 cm³/mol. The van der Waals surface area contributed by atoms with Crippen molar-refractivity contribution in [1.29, 1.82) is 5.26 Å². The van der Waals surface area contributed by atoms with E-state index in [2.05, 4.69) is 10.6 Å². The maximum Gasteiger partial charge on any atom is 0.417 e. The van der Waals surface area contributed by atoms with Gasteiger partial charge in [-0.15, -0.1) is 0 Å². The van der Waals surface area contributed by atoms with Gasteiger partial charge in [-0.2, -0.15) is 18.4 Å². The predicted octanol–water partition coefficient (Wildman–Crippen LogP) is 3.13. The van der Waals surface area contributed by atoms with Gasteiger partial charge in [0, 0.05) is 18.3 Å². The van der Waals surface area contributed by atoms with Gasteiger partial charge in [0.2, 0.25) is 0 Å². The fourth-order valence-electron chi connectivity index (χ4n) is 1.90. The van der Waals surface area contributed by atoms with Crippen LogP contribution in [0.2, 0.25) is 0 Å². The summed E-state index contributed by atoms with van der Waals surface area (Å²) in [5.41, 5.74) is -0.845. The molecule has 20 heavy (non-hydrogen) atoms. The molecule has 1 aromatic carbocycles. The number of halogens is 3. The molecule has 0 radical (unpaired) electrons. The molecule has 0 bridgehead atoms. The lowest BCUT2D eigenvalue weighted by Gasteiger charge is -2.12. The zero-order chi connectivity index (χ0) is 14.6. The minimum Gasteiger partial charge on any atom is -0.385 e. The monoisotopic (exact) mass is 283 g/mol. The number of alkyl halides is 3. The van der Waals surface area contributed by atoms with E-state index in [0.717, 1.165) is 19.0 Å². The van der Waals surface area contributed by atoms with Crippen LogP contribution in [0.4, 0.5) is 18.9 Å². The smallest absolute Gasteiger partial charge is 0.385 e. The minimum absolute atomic E-state index is 0.349. The quantitative estimate of drug-likeness (QED) is 0.789. The van der Waals surface area contributed by atoms with Crippen LogP contribution in [0.15, 0.2) is 18.2 Å². The summed E-state index contributed by atoms with van der Waals surface area (Å²) in [5, 5.41) is 15.0. The summed E-state index contributed by atoms with van der Waals surface area (Å²) in [4.78, 5) is 0. The van der Waals surface area contributed by atoms with Crippen LogP contribution in [0.1, 0.15) is 30.4 Å². The molecule has 1 aliphatic rings. The van der Waals surface area contributed by atoms with Crippen molar-refractivity contribution >= 4 is 5.69 Å². The van der Waals surface area contributed by atoms with Crippen LogP contribution in [0, 0.1) is 11.3 Å². The molecular formula is C14H16F3N3. The Morgan fingerprint density at radius 2 is 2.00 bits per heavy atom. The zero-order valence-corrected chi connectivity index (χ0v) is 10.9. The third-order valence-electron chi connectivity index (χ3n) is 3.14. The van der Waals surface area contributed by atoms with Gasteiger partial charge < -0.3 is 10.6 Å². The standard InChI is InChI=1S/C14H16F3N3/c15-14(16,17)13-8-12(3-2-10(13)9-18)20-7-1-6-19-11-4-5-11/h2-3,8,11,19-20H,1,4-7H2. The van der Waals surface area contributed by atoms with Crippen LogP contribution in [-0.2, 0) is 6.18 Å². The molecule has 0 saturated heterocycles. The van der Waals surface area contributed by atoms with Crippen molar-refractivity contribution in [2.75, 3.05) is 18.4 Å². The summed E-state index contributed by atoms with van der Waals surface area (Å²) < 4.78 is 38.3. The van der Waals surface area contributed by atoms with E-state index in [-0.39, 0.29) is 5.56 Å². The highest BCUT2D eigenvalue weighted by molar-refractivity contribution is 5.53. The maximum absolute atomic E-state index is 12.8. The van der Waals surface area contributed by atoms with Crippen LogP contribution >= 0.6 is 0 Å². The first-order valence-corrected chi connectivity index (χ1v) is 6.59. The van der Waals surface area contributed by atoms with Gasteiger partial charge in [0.1, 0.15) is 0 Å². The lowest BCUT2D eigenvalue weighted by atomic mass is 10.1. The van der Waals surface area contributed by atoms with Gasteiger partial charge in [-0.05, 0) is 44.0 Å².